The van der Waals surface area contributed by atoms with Crippen molar-refractivity contribution in [2.45, 2.75) is 57.1 Å². The molecule has 10 heteroatoms. The molecule has 2 N–H and O–H groups in total. The first-order valence-electron chi connectivity index (χ1n) is 13.7. The number of benzene rings is 3. The van der Waals surface area contributed by atoms with Gasteiger partial charge in [0.1, 0.15) is 17.3 Å². The molecule has 0 bridgehead atoms. The van der Waals surface area contributed by atoms with Crippen molar-refractivity contribution >= 4 is 40.5 Å². The van der Waals surface area contributed by atoms with Crippen LogP contribution in [0.15, 0.2) is 82.2 Å². The van der Waals surface area contributed by atoms with Crippen LogP contribution in [0.5, 0.6) is 0 Å². The van der Waals surface area contributed by atoms with Crippen molar-refractivity contribution in [1.29, 1.82) is 5.26 Å². The van der Waals surface area contributed by atoms with Crippen LogP contribution in [0.2, 0.25) is 5.02 Å². The highest BCUT2D eigenvalue weighted by atomic mass is 35.5. The Balaban J connectivity index is 1.70. The number of rotatable bonds is 6. The highest BCUT2D eigenvalue weighted by Gasteiger charge is 2.46. The van der Waals surface area contributed by atoms with Crippen LogP contribution in [0.3, 0.4) is 0 Å². The minimum atomic E-state index is -0.735. The number of carbonyl (C=O) groups is 1. The number of hydrogen-bond donors (Lipinski definition) is 1. The SMILES string of the molecule is Cc1cc(CSc2ccc(F)cc2)c(C)c(C2C(C#N)=C(N)N(c3ccc(Cl)cc3[N+](=O)[O-])C3=C2C(=O)CC(C)(C)C3)c1. The molecule has 1 unspecified atom stereocenters. The number of Topliss-reactive ketones (excluding diaryl/α,β-unsaturated/α-hetero) is 1. The van der Waals surface area contributed by atoms with Crippen LogP contribution in [0, 0.1) is 46.5 Å². The summed E-state index contributed by atoms with van der Waals surface area (Å²) in [6.07, 6.45) is 0.678. The molecule has 0 fully saturated rings. The Hall–Kier alpha value is -4.13. The topological polar surface area (TPSA) is 113 Å². The monoisotopic (exact) mass is 616 g/mol. The molecule has 3 aromatic carbocycles. The fraction of sp³-hybridized carbons (Fsp3) is 0.273. The van der Waals surface area contributed by atoms with Crippen molar-refractivity contribution in [3.63, 3.8) is 0 Å². The van der Waals surface area contributed by atoms with Crippen LogP contribution in [0.25, 0.3) is 0 Å². The maximum Gasteiger partial charge on any atom is 0.294 e. The lowest BCUT2D eigenvalue weighted by Crippen LogP contribution is -2.42. The summed E-state index contributed by atoms with van der Waals surface area (Å²) in [7, 11) is 0. The molecule has 0 saturated carbocycles. The quantitative estimate of drug-likeness (QED) is 0.168. The van der Waals surface area contributed by atoms with Crippen molar-refractivity contribution in [3.05, 3.63) is 120 Å². The Morgan fingerprint density at radius 2 is 1.86 bits per heavy atom. The number of ketones is 1. The molecule has 5 rings (SSSR count). The Bertz CT molecular complexity index is 1780. The van der Waals surface area contributed by atoms with Gasteiger partial charge in [-0.1, -0.05) is 43.1 Å². The van der Waals surface area contributed by atoms with E-state index in [4.69, 9.17) is 17.3 Å². The average molecular weight is 617 g/mol. The Morgan fingerprint density at radius 3 is 2.51 bits per heavy atom. The highest BCUT2D eigenvalue weighted by molar-refractivity contribution is 7.98. The second-order valence-corrected chi connectivity index (χ2v) is 13.2. The van der Waals surface area contributed by atoms with Crippen LogP contribution in [0.4, 0.5) is 15.8 Å². The number of nitro groups is 1. The van der Waals surface area contributed by atoms with Gasteiger partial charge in [-0.3, -0.25) is 19.8 Å². The second-order valence-electron chi connectivity index (χ2n) is 11.8. The zero-order chi connectivity index (χ0) is 31.2. The zero-order valence-electron chi connectivity index (χ0n) is 24.2. The van der Waals surface area contributed by atoms with Crippen LogP contribution in [-0.2, 0) is 10.5 Å². The van der Waals surface area contributed by atoms with E-state index >= 15 is 0 Å². The second kappa shape index (κ2) is 11.5. The number of thioether (sulfide) groups is 1. The molecular formula is C33H30ClFN4O3S. The van der Waals surface area contributed by atoms with E-state index in [2.05, 4.69) is 12.1 Å². The Kier molecular flexibility index (Phi) is 8.12. The smallest absolute Gasteiger partial charge is 0.294 e. The van der Waals surface area contributed by atoms with Crippen LogP contribution < -0.4 is 10.6 Å². The molecule has 0 amide bonds. The molecule has 0 radical (unpaired) electrons. The van der Waals surface area contributed by atoms with E-state index in [1.807, 2.05) is 33.8 Å². The van der Waals surface area contributed by atoms with Crippen LogP contribution >= 0.6 is 23.4 Å². The highest BCUT2D eigenvalue weighted by Crippen LogP contribution is 2.52. The van der Waals surface area contributed by atoms with Gasteiger partial charge in [0.15, 0.2) is 5.78 Å². The van der Waals surface area contributed by atoms with Crippen molar-refractivity contribution in [1.82, 2.24) is 0 Å². The molecule has 1 aliphatic carbocycles. The van der Waals surface area contributed by atoms with Gasteiger partial charge in [-0.05, 0) is 78.8 Å². The van der Waals surface area contributed by atoms with Gasteiger partial charge in [0.2, 0.25) is 0 Å². The lowest BCUT2D eigenvalue weighted by atomic mass is 9.68. The molecule has 220 valence electrons. The summed E-state index contributed by atoms with van der Waals surface area (Å²) < 4.78 is 13.4. The van der Waals surface area contributed by atoms with Gasteiger partial charge in [-0.25, -0.2) is 4.39 Å². The van der Waals surface area contributed by atoms with E-state index < -0.39 is 16.3 Å². The Labute approximate surface area is 259 Å². The van der Waals surface area contributed by atoms with E-state index in [1.165, 1.54) is 35.2 Å². The molecule has 0 spiro atoms. The predicted octanol–water partition coefficient (Wildman–Crippen LogP) is 8.24. The number of anilines is 1. The first-order valence-corrected chi connectivity index (χ1v) is 15.1. The number of nitrogens with zero attached hydrogens (tertiary/aromatic N) is 3. The van der Waals surface area contributed by atoms with Crippen molar-refractivity contribution < 1.29 is 14.1 Å². The molecule has 3 aromatic rings. The minimum Gasteiger partial charge on any atom is -0.384 e. The number of carbonyl (C=O) groups excluding carboxylic acids is 1. The van der Waals surface area contributed by atoms with Gasteiger partial charge < -0.3 is 5.73 Å². The van der Waals surface area contributed by atoms with E-state index in [-0.39, 0.29) is 45.8 Å². The molecule has 1 aliphatic heterocycles. The first-order chi connectivity index (χ1) is 20.3. The number of nitriles is 1. The third-order valence-corrected chi connectivity index (χ3v) is 9.27. The number of halogens is 2. The van der Waals surface area contributed by atoms with Crippen LogP contribution in [-0.4, -0.2) is 10.7 Å². The molecule has 2 aliphatic rings. The lowest BCUT2D eigenvalue weighted by molar-refractivity contribution is -0.384. The van der Waals surface area contributed by atoms with Gasteiger partial charge in [0, 0.05) is 39.4 Å². The molecule has 43 heavy (non-hydrogen) atoms. The first kappa shape index (κ1) is 30.3. The van der Waals surface area contributed by atoms with Crippen molar-refractivity contribution in [2.24, 2.45) is 11.1 Å². The third-order valence-electron chi connectivity index (χ3n) is 7.97. The molecule has 1 atom stereocenters. The van der Waals surface area contributed by atoms with Gasteiger partial charge >= 0.3 is 0 Å². The maximum atomic E-state index is 14.0. The Morgan fingerprint density at radius 1 is 1.16 bits per heavy atom. The van der Waals surface area contributed by atoms with Crippen molar-refractivity contribution in [3.8, 4) is 6.07 Å². The fourth-order valence-electron chi connectivity index (χ4n) is 6.03. The van der Waals surface area contributed by atoms with Crippen molar-refractivity contribution in [2.75, 3.05) is 4.90 Å². The summed E-state index contributed by atoms with van der Waals surface area (Å²) in [6.45, 7) is 7.87. The number of allylic oxidation sites excluding steroid dienone is 3. The lowest BCUT2D eigenvalue weighted by Gasteiger charge is -2.43. The number of aryl methyl sites for hydroxylation is 1. The molecular weight excluding hydrogens is 587 g/mol. The summed E-state index contributed by atoms with van der Waals surface area (Å²) in [5.74, 6) is -0.519. The van der Waals surface area contributed by atoms with Gasteiger partial charge in [-0.15, -0.1) is 11.8 Å². The number of hydrogen-bond acceptors (Lipinski definition) is 7. The van der Waals surface area contributed by atoms with E-state index in [9.17, 15) is 24.6 Å². The van der Waals surface area contributed by atoms with Gasteiger partial charge in [0.25, 0.3) is 5.69 Å². The largest absolute Gasteiger partial charge is 0.384 e. The van der Waals surface area contributed by atoms with Gasteiger partial charge in [0.05, 0.1) is 22.5 Å². The van der Waals surface area contributed by atoms with Gasteiger partial charge in [-0.2, -0.15) is 5.26 Å². The molecule has 1 heterocycles. The van der Waals surface area contributed by atoms with Crippen LogP contribution in [0.1, 0.15) is 54.9 Å². The molecule has 7 nitrogen and oxygen atoms in total. The maximum absolute atomic E-state index is 14.0. The number of nitrogens with two attached hydrogens (primary N) is 1. The van der Waals surface area contributed by atoms with E-state index in [1.54, 1.807) is 23.9 Å². The molecule has 0 aromatic heterocycles. The van der Waals surface area contributed by atoms with E-state index in [0.717, 1.165) is 27.1 Å². The fourth-order valence-corrected chi connectivity index (χ4v) is 7.15. The standard InChI is InChI=1S/C33H30ClFN4O3S/c1-18-11-20(17-43-23-8-6-22(35)7-9-23)19(2)24(12-18)30-25(16-36)32(37)38(26-10-5-21(34)13-27(26)39(41)42)28-14-33(3,4)15-29(40)31(28)30/h5-13,30H,14-15,17,37H2,1-4H3. The summed E-state index contributed by atoms with van der Waals surface area (Å²) >= 11 is 7.68. The summed E-state index contributed by atoms with van der Waals surface area (Å²) in [6, 6.07) is 16.9. The van der Waals surface area contributed by atoms with E-state index in [0.29, 0.717) is 23.4 Å². The average Bonchev–Trinajstić information content (AvgIpc) is 2.93. The predicted molar refractivity (Wildman–Crippen MR) is 167 cm³/mol. The minimum absolute atomic E-state index is 0.0466. The number of nitro benzene ring substituents is 1. The summed E-state index contributed by atoms with van der Waals surface area (Å²) in [5.41, 5.74) is 11.0. The third kappa shape index (κ3) is 5.77. The zero-order valence-corrected chi connectivity index (χ0v) is 25.8. The molecule has 0 saturated heterocycles. The normalized spacial score (nSPS) is 18.0. The summed E-state index contributed by atoms with van der Waals surface area (Å²) in [5, 5.41) is 22.8. The summed E-state index contributed by atoms with van der Waals surface area (Å²) in [4.78, 5) is 28.0.